The van der Waals surface area contributed by atoms with Crippen molar-refractivity contribution in [2.45, 2.75) is 44.7 Å². The predicted octanol–water partition coefficient (Wildman–Crippen LogP) is 7.28. The summed E-state index contributed by atoms with van der Waals surface area (Å²) in [5.74, 6) is 2.46. The van der Waals surface area contributed by atoms with Crippen LogP contribution in [0.15, 0.2) is 66.1 Å². The first-order valence-electron chi connectivity index (χ1n) is 12.3. The lowest BCUT2D eigenvalue weighted by Crippen LogP contribution is -2.15. The van der Waals surface area contributed by atoms with Crippen molar-refractivity contribution in [1.82, 2.24) is 15.0 Å². The van der Waals surface area contributed by atoms with E-state index in [0.29, 0.717) is 35.0 Å². The average Bonchev–Trinajstić information content (AvgIpc) is 3.30. The van der Waals surface area contributed by atoms with E-state index in [0.717, 1.165) is 46.1 Å². The van der Waals surface area contributed by atoms with Crippen LogP contribution in [0.1, 0.15) is 38.2 Å². The van der Waals surface area contributed by atoms with Crippen molar-refractivity contribution >= 4 is 34.1 Å². The van der Waals surface area contributed by atoms with Crippen molar-refractivity contribution in [3.05, 3.63) is 66.5 Å². The first kappa shape index (κ1) is 24.3. The highest BCUT2D eigenvalue weighted by Crippen LogP contribution is 2.39. The van der Waals surface area contributed by atoms with Crippen molar-refractivity contribution < 1.29 is 9.53 Å². The minimum Gasteiger partial charge on any atom is -0.437 e. The SMILES string of the molecule is CSc1nccc(-c2cccnc2Oc2c(C)ccc3c(NC(=O)CC4CCC(C)C4)cccc23)n1. The molecule has 1 saturated carbocycles. The van der Waals surface area contributed by atoms with Gasteiger partial charge in [-0.2, -0.15) is 0 Å². The van der Waals surface area contributed by atoms with E-state index >= 15 is 0 Å². The molecule has 36 heavy (non-hydrogen) atoms. The standard InChI is InChI=1S/C29H30N4O2S/c1-18-9-11-20(16-18)17-26(34)32-24-8-4-6-22-21(24)12-10-19(2)27(22)35-28-23(7-5-14-30-28)25-13-15-31-29(33-25)36-3/h4-8,10,12-15,18,20H,9,11,16-17H2,1-3H3,(H,32,34). The van der Waals surface area contributed by atoms with Gasteiger partial charge < -0.3 is 10.1 Å². The molecule has 184 valence electrons. The van der Waals surface area contributed by atoms with Crippen LogP contribution < -0.4 is 10.1 Å². The molecule has 0 spiro atoms. The number of benzene rings is 2. The second-order valence-corrected chi connectivity index (χ2v) is 10.3. The first-order valence-corrected chi connectivity index (χ1v) is 13.6. The van der Waals surface area contributed by atoms with Gasteiger partial charge in [0.2, 0.25) is 11.8 Å². The third kappa shape index (κ3) is 5.21. The lowest BCUT2D eigenvalue weighted by molar-refractivity contribution is -0.117. The monoisotopic (exact) mass is 498 g/mol. The number of fused-ring (bicyclic) bond motifs is 1. The van der Waals surface area contributed by atoms with Gasteiger partial charge in [-0.1, -0.05) is 49.4 Å². The van der Waals surface area contributed by atoms with Crippen LogP contribution in [-0.2, 0) is 4.79 Å². The van der Waals surface area contributed by atoms with Gasteiger partial charge in [0, 0.05) is 35.3 Å². The Morgan fingerprint density at radius 1 is 1.06 bits per heavy atom. The van der Waals surface area contributed by atoms with E-state index in [1.807, 2.05) is 61.7 Å². The Morgan fingerprint density at radius 3 is 2.75 bits per heavy atom. The number of anilines is 1. The molecular formula is C29H30N4O2S. The molecule has 7 heteroatoms. The molecule has 0 bridgehead atoms. The fourth-order valence-electron chi connectivity index (χ4n) is 5.01. The van der Waals surface area contributed by atoms with Gasteiger partial charge in [-0.25, -0.2) is 15.0 Å². The Bertz CT molecular complexity index is 1410. The fraction of sp³-hybridized carbons (Fsp3) is 0.310. The average molecular weight is 499 g/mol. The summed E-state index contributed by atoms with van der Waals surface area (Å²) >= 11 is 1.49. The number of aromatic nitrogens is 3. The smallest absolute Gasteiger partial charge is 0.228 e. The first-order chi connectivity index (χ1) is 17.5. The molecule has 2 aromatic carbocycles. The van der Waals surface area contributed by atoms with Crippen LogP contribution in [0.2, 0.25) is 0 Å². The maximum absolute atomic E-state index is 12.8. The summed E-state index contributed by atoms with van der Waals surface area (Å²) < 4.78 is 6.47. The van der Waals surface area contributed by atoms with Gasteiger partial charge in [-0.05, 0) is 67.7 Å². The molecule has 1 aliphatic carbocycles. The Morgan fingerprint density at radius 2 is 1.94 bits per heavy atom. The number of ether oxygens (including phenoxy) is 1. The summed E-state index contributed by atoms with van der Waals surface area (Å²) in [6.45, 7) is 4.28. The number of nitrogens with one attached hydrogen (secondary N) is 1. The van der Waals surface area contributed by atoms with Gasteiger partial charge in [0.25, 0.3) is 0 Å². The third-order valence-corrected chi connectivity index (χ3v) is 7.38. The maximum Gasteiger partial charge on any atom is 0.228 e. The van der Waals surface area contributed by atoms with E-state index in [1.165, 1.54) is 18.2 Å². The summed E-state index contributed by atoms with van der Waals surface area (Å²) in [7, 11) is 0. The molecule has 1 N–H and O–H groups in total. The lowest BCUT2D eigenvalue weighted by Gasteiger charge is -2.16. The van der Waals surface area contributed by atoms with Crippen LogP contribution in [-0.4, -0.2) is 27.1 Å². The summed E-state index contributed by atoms with van der Waals surface area (Å²) in [6.07, 6.45) is 9.47. The minimum atomic E-state index is 0.0741. The van der Waals surface area contributed by atoms with E-state index in [2.05, 4.69) is 27.2 Å². The molecule has 1 fully saturated rings. The van der Waals surface area contributed by atoms with Crippen LogP contribution in [0.25, 0.3) is 22.0 Å². The Kier molecular flexibility index (Phi) is 7.18. The number of amides is 1. The van der Waals surface area contributed by atoms with Crippen LogP contribution in [0.4, 0.5) is 5.69 Å². The van der Waals surface area contributed by atoms with Gasteiger partial charge in [-0.3, -0.25) is 4.79 Å². The molecule has 2 heterocycles. The van der Waals surface area contributed by atoms with Crippen LogP contribution in [0.5, 0.6) is 11.6 Å². The molecule has 1 amide bonds. The minimum absolute atomic E-state index is 0.0741. The maximum atomic E-state index is 12.8. The lowest BCUT2D eigenvalue weighted by atomic mass is 10.0. The van der Waals surface area contributed by atoms with E-state index in [1.54, 1.807) is 12.4 Å². The molecule has 5 rings (SSSR count). The fourth-order valence-corrected chi connectivity index (χ4v) is 5.37. The van der Waals surface area contributed by atoms with E-state index in [9.17, 15) is 4.79 Å². The molecule has 2 unspecified atom stereocenters. The molecule has 0 aliphatic heterocycles. The zero-order valence-corrected chi connectivity index (χ0v) is 21.6. The van der Waals surface area contributed by atoms with Crippen molar-refractivity contribution in [1.29, 1.82) is 0 Å². The van der Waals surface area contributed by atoms with Gasteiger partial charge in [-0.15, -0.1) is 0 Å². The normalized spacial score (nSPS) is 17.3. The van der Waals surface area contributed by atoms with Crippen LogP contribution in [0.3, 0.4) is 0 Å². The quantitative estimate of drug-likeness (QED) is 0.213. The number of carbonyl (C=O) groups excluding carboxylic acids is 1. The number of hydrogen-bond acceptors (Lipinski definition) is 6. The van der Waals surface area contributed by atoms with E-state index in [4.69, 9.17) is 4.74 Å². The Hall–Kier alpha value is -3.45. The Labute approximate surface area is 215 Å². The number of pyridine rings is 1. The largest absolute Gasteiger partial charge is 0.437 e. The molecule has 0 radical (unpaired) electrons. The molecule has 6 nitrogen and oxygen atoms in total. The number of thioether (sulfide) groups is 1. The van der Waals surface area contributed by atoms with Crippen LogP contribution >= 0.6 is 11.8 Å². The number of aryl methyl sites for hydroxylation is 1. The second kappa shape index (κ2) is 10.7. The number of carbonyl (C=O) groups is 1. The van der Waals surface area contributed by atoms with E-state index < -0.39 is 0 Å². The van der Waals surface area contributed by atoms with Crippen molar-refractivity contribution in [3.63, 3.8) is 0 Å². The van der Waals surface area contributed by atoms with Crippen molar-refractivity contribution in [2.75, 3.05) is 11.6 Å². The molecule has 1 aliphatic rings. The number of nitrogens with zero attached hydrogens (tertiary/aromatic N) is 3. The molecule has 2 aromatic heterocycles. The Balaban J connectivity index is 1.46. The number of hydrogen-bond donors (Lipinski definition) is 1. The van der Waals surface area contributed by atoms with Gasteiger partial charge in [0.15, 0.2) is 5.16 Å². The highest BCUT2D eigenvalue weighted by atomic mass is 32.2. The topological polar surface area (TPSA) is 77.0 Å². The van der Waals surface area contributed by atoms with Gasteiger partial charge in [0.05, 0.1) is 11.3 Å². The highest BCUT2D eigenvalue weighted by molar-refractivity contribution is 7.98. The van der Waals surface area contributed by atoms with Gasteiger partial charge >= 0.3 is 0 Å². The van der Waals surface area contributed by atoms with Crippen LogP contribution in [0, 0.1) is 18.8 Å². The van der Waals surface area contributed by atoms with Crippen molar-refractivity contribution in [2.24, 2.45) is 11.8 Å². The highest BCUT2D eigenvalue weighted by Gasteiger charge is 2.24. The molecule has 4 aromatic rings. The second-order valence-electron chi connectivity index (χ2n) is 9.54. The summed E-state index contributed by atoms with van der Waals surface area (Å²) in [5.41, 5.74) is 3.33. The third-order valence-electron chi connectivity index (χ3n) is 6.82. The van der Waals surface area contributed by atoms with Crippen molar-refractivity contribution in [3.8, 4) is 22.9 Å². The predicted molar refractivity (Wildman–Crippen MR) is 146 cm³/mol. The zero-order chi connectivity index (χ0) is 25.1. The summed E-state index contributed by atoms with van der Waals surface area (Å²) in [4.78, 5) is 26.3. The zero-order valence-electron chi connectivity index (χ0n) is 20.8. The molecule has 2 atom stereocenters. The summed E-state index contributed by atoms with van der Waals surface area (Å²) in [5, 5.41) is 5.71. The summed E-state index contributed by atoms with van der Waals surface area (Å²) in [6, 6.07) is 15.7. The molecule has 0 saturated heterocycles. The molecular weight excluding hydrogens is 468 g/mol. The van der Waals surface area contributed by atoms with E-state index in [-0.39, 0.29) is 5.91 Å². The number of rotatable bonds is 7. The van der Waals surface area contributed by atoms with Gasteiger partial charge in [0.1, 0.15) is 5.75 Å².